The van der Waals surface area contributed by atoms with Gasteiger partial charge in [-0.15, -0.1) is 0 Å². The van der Waals surface area contributed by atoms with Crippen LogP contribution in [-0.2, 0) is 6.54 Å². The average Bonchev–Trinajstić information content (AvgIpc) is 2.79. The predicted octanol–water partition coefficient (Wildman–Crippen LogP) is 2.45. The molecule has 0 N–H and O–H groups in total. The molecule has 1 aromatic carbocycles. The second-order valence-electron chi connectivity index (χ2n) is 3.91. The van der Waals surface area contributed by atoms with Crippen LogP contribution in [0.3, 0.4) is 0 Å². The molecule has 2 aromatic rings. The molecule has 0 saturated carbocycles. The van der Waals surface area contributed by atoms with E-state index in [0.717, 1.165) is 0 Å². The third kappa shape index (κ3) is 3.02. The second kappa shape index (κ2) is 5.83. The minimum absolute atomic E-state index is 0.0707. The number of nitrogens with zero attached hydrogens (tertiary/aromatic N) is 3. The molecule has 1 aromatic heterocycles. The van der Waals surface area contributed by atoms with Crippen LogP contribution in [0.4, 0.5) is 5.82 Å². The molecule has 0 amide bonds. The maximum atomic E-state index is 12.0. The normalized spacial score (nSPS) is 10.3. The summed E-state index contributed by atoms with van der Waals surface area (Å²) >= 11 is 3.03. The average molecular weight is 340 g/mol. The van der Waals surface area contributed by atoms with Crippen LogP contribution in [0.25, 0.3) is 0 Å². The van der Waals surface area contributed by atoms with Gasteiger partial charge in [0.1, 0.15) is 16.8 Å². The van der Waals surface area contributed by atoms with Gasteiger partial charge in [-0.3, -0.25) is 4.79 Å². The van der Waals surface area contributed by atoms with Gasteiger partial charge in [0.05, 0.1) is 18.4 Å². The Labute approximate surface area is 122 Å². The molecule has 0 atom stereocenters. The van der Waals surface area contributed by atoms with Crippen molar-refractivity contribution in [1.82, 2.24) is 9.78 Å². The van der Waals surface area contributed by atoms with Crippen molar-refractivity contribution in [2.45, 2.75) is 6.54 Å². The Morgan fingerprint density at radius 3 is 2.60 bits per heavy atom. The number of Topliss-reactive ketones (excluding diaryl/α,β-unsaturated/α-hetero) is 1. The van der Waals surface area contributed by atoms with Crippen molar-refractivity contribution in [1.29, 1.82) is 0 Å². The maximum Gasteiger partial charge on any atom is 0.404 e. The van der Waals surface area contributed by atoms with E-state index < -0.39 is 4.92 Å². The summed E-state index contributed by atoms with van der Waals surface area (Å²) in [4.78, 5) is 22.1. The van der Waals surface area contributed by atoms with E-state index in [2.05, 4.69) is 21.0 Å². The monoisotopic (exact) mass is 339 g/mol. The molecular weight excluding hydrogens is 330 g/mol. The first-order valence-electron chi connectivity index (χ1n) is 5.56. The lowest BCUT2D eigenvalue weighted by molar-refractivity contribution is -0.390. The number of aromatic nitrogens is 2. The summed E-state index contributed by atoms with van der Waals surface area (Å²) in [6.45, 7) is -0.0707. The van der Waals surface area contributed by atoms with Gasteiger partial charge in [-0.1, -0.05) is 0 Å². The lowest BCUT2D eigenvalue weighted by Crippen LogP contribution is -2.11. The number of carbonyl (C=O) groups excluding carboxylic acids is 1. The molecule has 0 saturated heterocycles. The van der Waals surface area contributed by atoms with E-state index in [1.54, 1.807) is 24.3 Å². The fourth-order valence-electron chi connectivity index (χ4n) is 1.61. The van der Waals surface area contributed by atoms with Crippen molar-refractivity contribution >= 4 is 27.5 Å². The number of hydrogen-bond donors (Lipinski definition) is 0. The number of hydrogen-bond acceptors (Lipinski definition) is 5. The van der Waals surface area contributed by atoms with Gasteiger partial charge >= 0.3 is 5.82 Å². The van der Waals surface area contributed by atoms with Crippen LogP contribution in [0.5, 0.6) is 5.75 Å². The summed E-state index contributed by atoms with van der Waals surface area (Å²) in [5.41, 5.74) is 0.486. The summed E-state index contributed by atoms with van der Waals surface area (Å²) in [5.74, 6) is 0.143. The number of halogens is 1. The lowest BCUT2D eigenvalue weighted by Gasteiger charge is -2.01. The van der Waals surface area contributed by atoms with E-state index in [1.807, 2.05) is 0 Å². The van der Waals surface area contributed by atoms with Crippen molar-refractivity contribution in [3.05, 3.63) is 50.6 Å². The molecule has 104 valence electrons. The van der Waals surface area contributed by atoms with Crippen molar-refractivity contribution < 1.29 is 14.5 Å². The Kier molecular flexibility index (Phi) is 4.14. The largest absolute Gasteiger partial charge is 0.497 e. The van der Waals surface area contributed by atoms with Crippen molar-refractivity contribution in [2.75, 3.05) is 7.11 Å². The zero-order valence-electron chi connectivity index (χ0n) is 10.4. The molecule has 2 rings (SSSR count). The first-order valence-corrected chi connectivity index (χ1v) is 6.35. The van der Waals surface area contributed by atoms with Gasteiger partial charge in [-0.05, 0) is 45.1 Å². The van der Waals surface area contributed by atoms with Crippen LogP contribution in [0.15, 0.2) is 34.9 Å². The summed E-state index contributed by atoms with van der Waals surface area (Å²) in [6.07, 6.45) is 1.40. The van der Waals surface area contributed by atoms with Crippen LogP contribution >= 0.6 is 15.9 Å². The molecule has 0 radical (unpaired) electrons. The predicted molar refractivity (Wildman–Crippen MR) is 73.9 cm³/mol. The smallest absolute Gasteiger partial charge is 0.404 e. The molecule has 8 heteroatoms. The first kappa shape index (κ1) is 14.2. The Morgan fingerprint density at radius 2 is 2.10 bits per heavy atom. The zero-order chi connectivity index (χ0) is 14.7. The molecule has 0 unspecified atom stereocenters. The molecule has 0 aliphatic rings. The van der Waals surface area contributed by atoms with Gasteiger partial charge in [0.15, 0.2) is 5.78 Å². The van der Waals surface area contributed by atoms with Crippen LogP contribution in [-0.4, -0.2) is 27.6 Å². The van der Waals surface area contributed by atoms with E-state index in [4.69, 9.17) is 4.74 Å². The molecule has 0 spiro atoms. The highest BCUT2D eigenvalue weighted by molar-refractivity contribution is 9.10. The Hall–Kier alpha value is -2.22. The van der Waals surface area contributed by atoms with Crippen LogP contribution < -0.4 is 4.74 Å². The molecule has 0 aliphatic carbocycles. The van der Waals surface area contributed by atoms with Crippen molar-refractivity contribution in [3.63, 3.8) is 0 Å². The van der Waals surface area contributed by atoms with E-state index in [9.17, 15) is 14.9 Å². The maximum absolute atomic E-state index is 12.0. The molecule has 0 aliphatic heterocycles. The van der Waals surface area contributed by atoms with Crippen LogP contribution in [0, 0.1) is 10.1 Å². The van der Waals surface area contributed by atoms with E-state index >= 15 is 0 Å². The third-order valence-electron chi connectivity index (χ3n) is 2.59. The molecule has 7 nitrogen and oxygen atoms in total. The number of methoxy groups -OCH3 is 1. The number of carbonyl (C=O) groups is 1. The quantitative estimate of drug-likeness (QED) is 0.474. The third-order valence-corrected chi connectivity index (χ3v) is 3.15. The topological polar surface area (TPSA) is 87.3 Å². The highest BCUT2D eigenvalue weighted by Crippen LogP contribution is 2.22. The summed E-state index contributed by atoms with van der Waals surface area (Å²) in [6, 6.07) is 6.62. The molecule has 0 fully saturated rings. The number of ether oxygens (including phenoxy) is 1. The van der Waals surface area contributed by atoms with Crippen molar-refractivity contribution in [2.24, 2.45) is 0 Å². The molecule has 20 heavy (non-hydrogen) atoms. The van der Waals surface area contributed by atoms with Gasteiger partial charge in [0.25, 0.3) is 0 Å². The molecular formula is C12H10BrN3O4. The van der Waals surface area contributed by atoms with Gasteiger partial charge in [-0.25, -0.2) is 0 Å². The van der Waals surface area contributed by atoms with Crippen LogP contribution in [0.1, 0.15) is 10.4 Å². The highest BCUT2D eigenvalue weighted by atomic mass is 79.9. The van der Waals surface area contributed by atoms with Gasteiger partial charge in [0, 0.05) is 5.56 Å². The van der Waals surface area contributed by atoms with Gasteiger partial charge in [-0.2, -0.15) is 4.68 Å². The molecule has 1 heterocycles. The molecule has 0 bridgehead atoms. The zero-order valence-corrected chi connectivity index (χ0v) is 12.0. The summed E-state index contributed by atoms with van der Waals surface area (Å²) in [7, 11) is 1.54. The van der Waals surface area contributed by atoms with Gasteiger partial charge < -0.3 is 14.9 Å². The first-order chi connectivity index (χ1) is 9.51. The number of rotatable bonds is 5. The number of nitro groups is 1. The lowest BCUT2D eigenvalue weighted by atomic mass is 10.1. The Bertz CT molecular complexity index is 651. The number of ketones is 1. The highest BCUT2D eigenvalue weighted by Gasteiger charge is 2.20. The fourth-order valence-corrected chi connectivity index (χ4v) is 2.07. The van der Waals surface area contributed by atoms with E-state index in [0.29, 0.717) is 11.3 Å². The minimum atomic E-state index is -0.613. The fraction of sp³-hybridized carbons (Fsp3) is 0.167. The summed E-state index contributed by atoms with van der Waals surface area (Å²) < 4.78 is 6.47. The summed E-state index contributed by atoms with van der Waals surface area (Å²) in [5, 5.41) is 14.4. The minimum Gasteiger partial charge on any atom is -0.497 e. The van der Waals surface area contributed by atoms with E-state index in [-0.39, 0.29) is 22.6 Å². The second-order valence-corrected chi connectivity index (χ2v) is 4.76. The van der Waals surface area contributed by atoms with Crippen LogP contribution in [0.2, 0.25) is 0 Å². The van der Waals surface area contributed by atoms with Crippen molar-refractivity contribution in [3.8, 4) is 5.75 Å². The Morgan fingerprint density at radius 1 is 1.45 bits per heavy atom. The Balaban J connectivity index is 2.14. The number of benzene rings is 1. The standard InChI is InChI=1S/C12H10BrN3O4/c1-20-9-4-2-8(3-5-9)11(17)7-15-6-10(13)12(14-15)16(18)19/h2-6H,7H2,1H3. The van der Waals surface area contributed by atoms with E-state index in [1.165, 1.54) is 18.0 Å². The SMILES string of the molecule is COc1ccc(C(=O)Cn2cc(Br)c([N+](=O)[O-])n2)cc1. The van der Waals surface area contributed by atoms with Gasteiger partial charge in [0.2, 0.25) is 0 Å².